The molecule has 0 unspecified atom stereocenters. The minimum absolute atomic E-state index is 0.0851. The fourth-order valence-corrected chi connectivity index (χ4v) is 4.36. The predicted octanol–water partition coefficient (Wildman–Crippen LogP) is 3.34. The SMILES string of the molecule is Cc1nn2cccnc2c1C(=O)N[C@@H](C)c1nc2cccc(C#CC3CC3)c2c(=O)n1C1CC1. The molecule has 4 aromatic rings. The average Bonchev–Trinajstić information content (AvgIpc) is 3.74. The first-order valence-electron chi connectivity index (χ1n) is 11.7. The van der Waals surface area contributed by atoms with Crippen LogP contribution in [0.15, 0.2) is 41.5 Å². The van der Waals surface area contributed by atoms with Gasteiger partial charge in [0.15, 0.2) is 5.65 Å². The van der Waals surface area contributed by atoms with Gasteiger partial charge in [0.05, 0.1) is 22.6 Å². The van der Waals surface area contributed by atoms with E-state index in [9.17, 15) is 9.59 Å². The summed E-state index contributed by atoms with van der Waals surface area (Å²) in [7, 11) is 0. The summed E-state index contributed by atoms with van der Waals surface area (Å²) >= 11 is 0. The van der Waals surface area contributed by atoms with Crippen molar-refractivity contribution in [3.63, 3.8) is 0 Å². The topological polar surface area (TPSA) is 94.2 Å². The molecule has 34 heavy (non-hydrogen) atoms. The smallest absolute Gasteiger partial charge is 0.262 e. The van der Waals surface area contributed by atoms with Crippen molar-refractivity contribution >= 4 is 22.5 Å². The number of fused-ring (bicyclic) bond motifs is 2. The van der Waals surface area contributed by atoms with Gasteiger partial charge in [0.1, 0.15) is 11.4 Å². The number of rotatable bonds is 4. The molecule has 3 aromatic heterocycles. The molecule has 1 amide bonds. The Morgan fingerprint density at radius 3 is 2.79 bits per heavy atom. The highest BCUT2D eigenvalue weighted by Gasteiger charge is 2.31. The third kappa shape index (κ3) is 3.54. The number of carbonyl (C=O) groups excluding carboxylic acids is 1. The van der Waals surface area contributed by atoms with Crippen LogP contribution in [0.5, 0.6) is 0 Å². The van der Waals surface area contributed by atoms with Gasteiger partial charge in [-0.05, 0) is 57.7 Å². The number of amides is 1. The van der Waals surface area contributed by atoms with Crippen LogP contribution < -0.4 is 10.9 Å². The standard InChI is InChI=1S/C26H24N6O2/c1-15-21(24-27-13-4-14-31(24)30-15)25(33)28-16(2)23-29-20-6-3-5-18(10-9-17-7-8-17)22(20)26(34)32(23)19-11-12-19/h3-6,13-14,16-17,19H,7-8,11-12H2,1-2H3,(H,28,33)/t16-/m0/s1. The molecule has 2 aliphatic rings. The third-order valence-electron chi connectivity index (χ3n) is 6.39. The third-order valence-corrected chi connectivity index (χ3v) is 6.39. The monoisotopic (exact) mass is 452 g/mol. The van der Waals surface area contributed by atoms with E-state index in [1.807, 2.05) is 25.1 Å². The van der Waals surface area contributed by atoms with Gasteiger partial charge in [0.2, 0.25) is 0 Å². The molecular formula is C26H24N6O2. The summed E-state index contributed by atoms with van der Waals surface area (Å²) in [4.78, 5) is 36.1. The first-order valence-corrected chi connectivity index (χ1v) is 11.7. The Hall–Kier alpha value is -3.99. The molecule has 2 aliphatic carbocycles. The lowest BCUT2D eigenvalue weighted by molar-refractivity contribution is 0.0938. The van der Waals surface area contributed by atoms with E-state index in [0.717, 1.165) is 31.2 Å². The van der Waals surface area contributed by atoms with Crippen molar-refractivity contribution in [1.82, 2.24) is 29.5 Å². The van der Waals surface area contributed by atoms with Gasteiger partial charge in [-0.25, -0.2) is 14.5 Å². The maximum absolute atomic E-state index is 13.7. The number of hydrogen-bond donors (Lipinski definition) is 1. The molecule has 2 saturated carbocycles. The largest absolute Gasteiger partial charge is 0.342 e. The Labute approximate surface area is 196 Å². The second-order valence-electron chi connectivity index (χ2n) is 9.16. The highest BCUT2D eigenvalue weighted by molar-refractivity contribution is 6.01. The van der Waals surface area contributed by atoms with E-state index in [1.165, 1.54) is 0 Å². The Balaban J connectivity index is 1.41. The highest BCUT2D eigenvalue weighted by atomic mass is 16.2. The molecule has 0 radical (unpaired) electrons. The fraction of sp³-hybridized carbons (Fsp3) is 0.346. The zero-order valence-corrected chi connectivity index (χ0v) is 19.1. The molecule has 6 rings (SSSR count). The summed E-state index contributed by atoms with van der Waals surface area (Å²) < 4.78 is 3.35. The van der Waals surface area contributed by atoms with Crippen molar-refractivity contribution < 1.29 is 4.79 Å². The molecule has 3 heterocycles. The second kappa shape index (κ2) is 7.80. The van der Waals surface area contributed by atoms with Crippen molar-refractivity contribution in [2.75, 3.05) is 0 Å². The van der Waals surface area contributed by atoms with E-state index in [2.05, 4.69) is 27.2 Å². The van der Waals surface area contributed by atoms with Crippen LogP contribution in [0.25, 0.3) is 16.6 Å². The quantitative estimate of drug-likeness (QED) is 0.480. The van der Waals surface area contributed by atoms with Crippen molar-refractivity contribution in [2.24, 2.45) is 5.92 Å². The summed E-state index contributed by atoms with van der Waals surface area (Å²) in [5, 5.41) is 7.97. The van der Waals surface area contributed by atoms with Gasteiger partial charge < -0.3 is 5.32 Å². The van der Waals surface area contributed by atoms with Crippen LogP contribution in [0, 0.1) is 24.7 Å². The molecular weight excluding hydrogens is 428 g/mol. The van der Waals surface area contributed by atoms with Gasteiger partial charge >= 0.3 is 0 Å². The van der Waals surface area contributed by atoms with Crippen molar-refractivity contribution in [3.05, 3.63) is 69.7 Å². The maximum Gasteiger partial charge on any atom is 0.262 e. The second-order valence-corrected chi connectivity index (χ2v) is 9.16. The minimum atomic E-state index is -0.482. The number of aryl methyl sites for hydroxylation is 1. The van der Waals surface area contributed by atoms with Crippen LogP contribution in [0.1, 0.15) is 72.1 Å². The maximum atomic E-state index is 13.7. The van der Waals surface area contributed by atoms with E-state index in [4.69, 9.17) is 4.98 Å². The van der Waals surface area contributed by atoms with Crippen LogP contribution >= 0.6 is 0 Å². The average molecular weight is 453 g/mol. The fourth-order valence-electron chi connectivity index (χ4n) is 4.36. The molecule has 8 nitrogen and oxygen atoms in total. The molecule has 8 heteroatoms. The number of nitrogens with one attached hydrogen (secondary N) is 1. The summed E-state index contributed by atoms with van der Waals surface area (Å²) in [5.41, 5.74) is 2.76. The molecule has 0 spiro atoms. The molecule has 1 N–H and O–H groups in total. The first kappa shape index (κ1) is 20.6. The number of benzene rings is 1. The Morgan fingerprint density at radius 1 is 1.21 bits per heavy atom. The van der Waals surface area contributed by atoms with Crippen LogP contribution in [-0.4, -0.2) is 30.1 Å². The lowest BCUT2D eigenvalue weighted by atomic mass is 10.1. The van der Waals surface area contributed by atoms with Crippen LogP contribution in [0.2, 0.25) is 0 Å². The normalized spacial score (nSPS) is 16.3. The highest BCUT2D eigenvalue weighted by Crippen LogP contribution is 2.36. The zero-order valence-electron chi connectivity index (χ0n) is 19.1. The summed E-state index contributed by atoms with van der Waals surface area (Å²) in [6.07, 6.45) is 7.50. The number of hydrogen-bond acceptors (Lipinski definition) is 5. The molecule has 2 fully saturated rings. The first-order chi connectivity index (χ1) is 16.5. The molecule has 1 aromatic carbocycles. The van der Waals surface area contributed by atoms with Crippen molar-refractivity contribution in [3.8, 4) is 11.8 Å². The Bertz CT molecular complexity index is 1580. The molecule has 0 bridgehead atoms. The van der Waals surface area contributed by atoms with Crippen LogP contribution in [0.4, 0.5) is 0 Å². The lowest BCUT2D eigenvalue weighted by Crippen LogP contribution is -2.34. The van der Waals surface area contributed by atoms with Crippen molar-refractivity contribution in [2.45, 2.75) is 51.6 Å². The van der Waals surface area contributed by atoms with Crippen molar-refractivity contribution in [1.29, 1.82) is 0 Å². The van der Waals surface area contributed by atoms with Gasteiger partial charge in [-0.2, -0.15) is 5.10 Å². The van der Waals surface area contributed by atoms with Gasteiger partial charge in [-0.1, -0.05) is 17.9 Å². The summed E-state index contributed by atoms with van der Waals surface area (Å²) in [6.45, 7) is 3.64. The van der Waals surface area contributed by atoms with Crippen LogP contribution in [-0.2, 0) is 0 Å². The van der Waals surface area contributed by atoms with Gasteiger partial charge in [0.25, 0.3) is 11.5 Å². The van der Waals surface area contributed by atoms with Gasteiger partial charge in [-0.15, -0.1) is 0 Å². The summed E-state index contributed by atoms with van der Waals surface area (Å²) in [5.74, 6) is 7.18. The van der Waals surface area contributed by atoms with Gasteiger partial charge in [0, 0.05) is 29.9 Å². The Kier molecular flexibility index (Phi) is 4.73. The van der Waals surface area contributed by atoms with E-state index >= 15 is 0 Å². The zero-order chi connectivity index (χ0) is 23.4. The number of aromatic nitrogens is 5. The lowest BCUT2D eigenvalue weighted by Gasteiger charge is -2.19. The molecule has 1 atom stereocenters. The molecule has 170 valence electrons. The Morgan fingerprint density at radius 2 is 2.03 bits per heavy atom. The van der Waals surface area contributed by atoms with Gasteiger partial charge in [-0.3, -0.25) is 14.2 Å². The number of nitrogens with zero attached hydrogens (tertiary/aromatic N) is 5. The van der Waals surface area contributed by atoms with E-state index in [-0.39, 0.29) is 17.5 Å². The minimum Gasteiger partial charge on any atom is -0.342 e. The molecule has 0 saturated heterocycles. The predicted molar refractivity (Wildman–Crippen MR) is 127 cm³/mol. The number of carbonyl (C=O) groups is 1. The van der Waals surface area contributed by atoms with E-state index in [0.29, 0.717) is 39.5 Å². The van der Waals surface area contributed by atoms with E-state index in [1.54, 1.807) is 34.5 Å². The summed E-state index contributed by atoms with van der Waals surface area (Å²) in [6, 6.07) is 7.00. The van der Waals surface area contributed by atoms with E-state index < -0.39 is 6.04 Å². The molecule has 0 aliphatic heterocycles. The van der Waals surface area contributed by atoms with Crippen LogP contribution in [0.3, 0.4) is 0 Å².